The number of carbonyl (C=O) groups is 1. The van der Waals surface area contributed by atoms with E-state index in [2.05, 4.69) is 59.5 Å². The number of hydrogen-bond acceptors (Lipinski definition) is 8. The zero-order valence-electron chi connectivity index (χ0n) is 20.3. The number of hydrogen-bond donors (Lipinski definition) is 3. The number of anilines is 4. The molecular weight excluding hydrogens is 403 g/mol. The molecule has 1 aliphatic rings. The van der Waals surface area contributed by atoms with Crippen molar-refractivity contribution >= 4 is 37.4 Å². The molecule has 32 heavy (non-hydrogen) atoms. The summed E-state index contributed by atoms with van der Waals surface area (Å²) in [6, 6.07) is 5.83. The summed E-state index contributed by atoms with van der Waals surface area (Å²) in [5, 5.41) is 9.44. The molecule has 1 atom stereocenters. The summed E-state index contributed by atoms with van der Waals surface area (Å²) >= 11 is 0. The molecule has 2 heterocycles. The quantitative estimate of drug-likeness (QED) is 0.563. The zero-order chi connectivity index (χ0) is 23.5. The van der Waals surface area contributed by atoms with E-state index in [4.69, 9.17) is 4.98 Å². The van der Waals surface area contributed by atoms with Gasteiger partial charge in [-0.2, -0.15) is 15.0 Å². The Morgan fingerprint density at radius 2 is 1.97 bits per heavy atom. The minimum Gasteiger partial charge on any atom is -0.355 e. The van der Waals surface area contributed by atoms with Crippen molar-refractivity contribution in [2.24, 2.45) is 5.41 Å². The van der Waals surface area contributed by atoms with Crippen LogP contribution in [-0.4, -0.2) is 73.4 Å². The molecule has 0 radical (unpaired) electrons. The van der Waals surface area contributed by atoms with Gasteiger partial charge in [0.05, 0.1) is 0 Å². The minimum atomic E-state index is -0.137. The van der Waals surface area contributed by atoms with Crippen LogP contribution in [0.4, 0.5) is 23.5 Å². The first kappa shape index (κ1) is 23.8. The van der Waals surface area contributed by atoms with Crippen molar-refractivity contribution in [3.8, 4) is 0 Å². The molecule has 10 heteroatoms. The second-order valence-electron chi connectivity index (χ2n) is 9.83. The molecule has 9 nitrogen and oxygen atoms in total. The van der Waals surface area contributed by atoms with Gasteiger partial charge < -0.3 is 25.7 Å². The van der Waals surface area contributed by atoms with E-state index in [-0.39, 0.29) is 11.3 Å². The maximum atomic E-state index is 12.1. The largest absolute Gasteiger partial charge is 0.355 e. The first-order chi connectivity index (χ1) is 15.0. The van der Waals surface area contributed by atoms with E-state index in [9.17, 15) is 4.79 Å². The molecule has 1 saturated heterocycles. The molecule has 1 aromatic heterocycles. The Kier molecular flexibility index (Phi) is 7.23. The van der Waals surface area contributed by atoms with E-state index < -0.39 is 0 Å². The van der Waals surface area contributed by atoms with Crippen molar-refractivity contribution in [3.63, 3.8) is 0 Å². The molecule has 0 spiro atoms. The van der Waals surface area contributed by atoms with Crippen LogP contribution in [0.25, 0.3) is 0 Å². The van der Waals surface area contributed by atoms with Gasteiger partial charge in [0.15, 0.2) is 7.98 Å². The van der Waals surface area contributed by atoms with Gasteiger partial charge in [-0.25, -0.2) is 0 Å². The van der Waals surface area contributed by atoms with Gasteiger partial charge in [0.25, 0.3) is 5.91 Å². The molecule has 0 bridgehead atoms. The number of aryl methyl sites for hydroxylation is 1. The lowest BCUT2D eigenvalue weighted by molar-refractivity contribution is 0.0963. The first-order valence-corrected chi connectivity index (χ1v) is 11.1. The summed E-state index contributed by atoms with van der Waals surface area (Å²) in [5.74, 6) is 1.47. The SMILES string of the molecule is BN1CC[C@@H](Nc2nc(Nc3cc(C(=O)NC)ccc3C)nc(N(C)CC(C)(C)C)n2)C1. The van der Waals surface area contributed by atoms with Gasteiger partial charge in [-0.1, -0.05) is 26.8 Å². The molecule has 1 aliphatic heterocycles. The Balaban J connectivity index is 1.92. The Morgan fingerprint density at radius 3 is 2.59 bits per heavy atom. The van der Waals surface area contributed by atoms with E-state index >= 15 is 0 Å². The van der Waals surface area contributed by atoms with Crippen LogP contribution in [-0.2, 0) is 0 Å². The van der Waals surface area contributed by atoms with Crippen LogP contribution in [0.2, 0.25) is 0 Å². The van der Waals surface area contributed by atoms with E-state index in [1.54, 1.807) is 13.1 Å². The van der Waals surface area contributed by atoms with E-state index in [1.165, 1.54) is 0 Å². The molecule has 2 aromatic rings. The lowest BCUT2D eigenvalue weighted by atomic mass is 9.96. The van der Waals surface area contributed by atoms with Crippen molar-refractivity contribution in [1.29, 1.82) is 0 Å². The lowest BCUT2D eigenvalue weighted by Crippen LogP contribution is -2.31. The second kappa shape index (κ2) is 9.73. The average molecular weight is 438 g/mol. The smallest absolute Gasteiger partial charge is 0.251 e. The van der Waals surface area contributed by atoms with Crippen LogP contribution in [0, 0.1) is 12.3 Å². The van der Waals surface area contributed by atoms with Crippen molar-refractivity contribution in [3.05, 3.63) is 29.3 Å². The van der Waals surface area contributed by atoms with Gasteiger partial charge in [-0.15, -0.1) is 0 Å². The van der Waals surface area contributed by atoms with Crippen LogP contribution in [0.5, 0.6) is 0 Å². The highest BCUT2D eigenvalue weighted by Crippen LogP contribution is 2.24. The number of benzene rings is 1. The number of aromatic nitrogens is 3. The zero-order valence-corrected chi connectivity index (χ0v) is 20.3. The third-order valence-corrected chi connectivity index (χ3v) is 5.37. The Labute approximate surface area is 191 Å². The highest BCUT2D eigenvalue weighted by Gasteiger charge is 2.22. The molecule has 0 saturated carbocycles. The van der Waals surface area contributed by atoms with Gasteiger partial charge in [-0.3, -0.25) is 4.79 Å². The molecule has 1 aromatic carbocycles. The number of nitrogens with zero attached hydrogens (tertiary/aromatic N) is 5. The first-order valence-electron chi connectivity index (χ1n) is 11.1. The summed E-state index contributed by atoms with van der Waals surface area (Å²) in [6.07, 6.45) is 1.05. The van der Waals surface area contributed by atoms with E-state index in [1.807, 2.05) is 31.0 Å². The average Bonchev–Trinajstić information content (AvgIpc) is 3.12. The van der Waals surface area contributed by atoms with E-state index in [0.29, 0.717) is 29.5 Å². The maximum Gasteiger partial charge on any atom is 0.251 e. The highest BCUT2D eigenvalue weighted by atomic mass is 16.1. The summed E-state index contributed by atoms with van der Waals surface area (Å²) in [4.78, 5) is 30.4. The molecule has 0 unspecified atom stereocenters. The van der Waals surface area contributed by atoms with Crippen molar-refractivity contribution in [1.82, 2.24) is 25.1 Å². The number of nitrogens with one attached hydrogen (secondary N) is 3. The second-order valence-corrected chi connectivity index (χ2v) is 9.83. The predicted octanol–water partition coefficient (Wildman–Crippen LogP) is 1.80. The topological polar surface area (TPSA) is 98.3 Å². The van der Waals surface area contributed by atoms with Crippen LogP contribution < -0.4 is 20.9 Å². The Morgan fingerprint density at radius 1 is 1.25 bits per heavy atom. The molecule has 1 amide bonds. The number of carbonyl (C=O) groups excluding carboxylic acids is 1. The highest BCUT2D eigenvalue weighted by molar-refractivity contribution is 6.04. The summed E-state index contributed by atoms with van der Waals surface area (Å²) in [5.41, 5.74) is 2.45. The fraction of sp³-hybridized carbons (Fsp3) is 0.545. The van der Waals surface area contributed by atoms with Gasteiger partial charge in [0, 0.05) is 44.5 Å². The third-order valence-electron chi connectivity index (χ3n) is 5.37. The molecule has 3 rings (SSSR count). The number of rotatable bonds is 7. The molecule has 172 valence electrons. The Bertz CT molecular complexity index is 961. The lowest BCUT2D eigenvalue weighted by Gasteiger charge is -2.27. The number of amides is 1. The molecule has 3 N–H and O–H groups in total. The Hall–Kier alpha value is -2.88. The van der Waals surface area contributed by atoms with Crippen molar-refractivity contribution < 1.29 is 4.79 Å². The predicted molar refractivity (Wildman–Crippen MR) is 133 cm³/mol. The van der Waals surface area contributed by atoms with Crippen LogP contribution in [0.1, 0.15) is 43.1 Å². The normalized spacial score (nSPS) is 16.6. The van der Waals surface area contributed by atoms with Gasteiger partial charge in [0.1, 0.15) is 0 Å². The molecular formula is C22H35BN8O. The molecule has 1 fully saturated rings. The summed E-state index contributed by atoms with van der Waals surface area (Å²) in [7, 11) is 5.73. The monoisotopic (exact) mass is 438 g/mol. The fourth-order valence-corrected chi connectivity index (χ4v) is 3.84. The van der Waals surface area contributed by atoms with Gasteiger partial charge in [0.2, 0.25) is 17.8 Å². The van der Waals surface area contributed by atoms with Crippen LogP contribution in [0.15, 0.2) is 18.2 Å². The van der Waals surface area contributed by atoms with E-state index in [0.717, 1.165) is 37.3 Å². The maximum absolute atomic E-state index is 12.1. The van der Waals surface area contributed by atoms with Crippen molar-refractivity contribution in [2.45, 2.75) is 40.2 Å². The fourth-order valence-electron chi connectivity index (χ4n) is 3.84. The van der Waals surface area contributed by atoms with Gasteiger partial charge >= 0.3 is 0 Å². The summed E-state index contributed by atoms with van der Waals surface area (Å²) in [6.45, 7) is 11.3. The van der Waals surface area contributed by atoms with Gasteiger partial charge in [-0.05, 0) is 43.0 Å². The standard InChI is InChI=1S/C22H35BN8O/c1-14-7-8-15(18(32)24-5)11-17(14)26-20-27-19(25-16-9-10-31(23)12-16)28-21(29-20)30(6)13-22(2,3)4/h7-8,11,16H,9-10,12-13,23H2,1-6H3,(H,24,32)(H2,25,26,27,28,29)/t16-/m1/s1. The van der Waals surface area contributed by atoms with Crippen LogP contribution >= 0.6 is 0 Å². The van der Waals surface area contributed by atoms with Crippen molar-refractivity contribution in [2.75, 3.05) is 49.3 Å². The molecule has 0 aliphatic carbocycles. The van der Waals surface area contributed by atoms with Crippen LogP contribution in [0.3, 0.4) is 0 Å². The third kappa shape index (κ3) is 6.32. The summed E-state index contributed by atoms with van der Waals surface area (Å²) < 4.78 is 0. The minimum absolute atomic E-state index is 0.0924.